The van der Waals surface area contributed by atoms with Gasteiger partial charge in [-0.15, -0.1) is 0 Å². The molecule has 21 heavy (non-hydrogen) atoms. The summed E-state index contributed by atoms with van der Waals surface area (Å²) in [7, 11) is 0. The van der Waals surface area contributed by atoms with E-state index in [4.69, 9.17) is 34.8 Å². The second-order valence-electron chi connectivity index (χ2n) is 4.18. The molecule has 0 heterocycles. The molecule has 0 atom stereocenters. The largest absolute Gasteiger partial charge is 0.334 e. The molecule has 2 amide bonds. The van der Waals surface area contributed by atoms with Gasteiger partial charge in [0.05, 0.1) is 15.7 Å². The highest BCUT2D eigenvalue weighted by molar-refractivity contribution is 6.42. The van der Waals surface area contributed by atoms with Gasteiger partial charge >= 0.3 is 6.03 Å². The Balaban J connectivity index is 1.94. The van der Waals surface area contributed by atoms with Gasteiger partial charge in [-0.05, 0) is 35.9 Å². The van der Waals surface area contributed by atoms with Crippen LogP contribution in [0.3, 0.4) is 0 Å². The highest BCUT2D eigenvalue weighted by Crippen LogP contribution is 2.22. The molecule has 0 spiro atoms. The molecule has 0 aliphatic carbocycles. The van der Waals surface area contributed by atoms with Crippen molar-refractivity contribution in [2.24, 2.45) is 0 Å². The number of nitrogens with one attached hydrogen (secondary N) is 2. The van der Waals surface area contributed by atoms with Crippen LogP contribution in [0.25, 0.3) is 0 Å². The first-order valence-electron chi connectivity index (χ1n) is 5.89. The van der Waals surface area contributed by atoms with Crippen LogP contribution < -0.4 is 10.6 Å². The molecule has 0 aliphatic heterocycles. The van der Waals surface area contributed by atoms with Crippen LogP contribution in [-0.2, 0) is 6.54 Å². The van der Waals surface area contributed by atoms with Crippen molar-refractivity contribution in [1.82, 2.24) is 5.32 Å². The monoisotopic (exact) mass is 346 g/mol. The number of amides is 2. The smallest absolute Gasteiger partial charge is 0.319 e. The molecule has 0 aliphatic rings. The predicted molar refractivity (Wildman–Crippen MR) is 83.7 cm³/mol. The third kappa shape index (κ3) is 4.49. The van der Waals surface area contributed by atoms with Crippen LogP contribution >= 0.6 is 34.8 Å². The number of hydrogen-bond acceptors (Lipinski definition) is 1. The molecule has 7 heteroatoms. The van der Waals surface area contributed by atoms with E-state index in [0.29, 0.717) is 10.0 Å². The van der Waals surface area contributed by atoms with Crippen molar-refractivity contribution < 1.29 is 9.18 Å². The summed E-state index contributed by atoms with van der Waals surface area (Å²) in [4.78, 5) is 11.7. The van der Waals surface area contributed by atoms with Gasteiger partial charge in [0.1, 0.15) is 5.82 Å². The Bertz CT molecular complexity index is 679. The summed E-state index contributed by atoms with van der Waals surface area (Å²) in [5, 5.41) is 6.07. The third-order valence-corrected chi connectivity index (χ3v) is 3.59. The highest BCUT2D eigenvalue weighted by atomic mass is 35.5. The van der Waals surface area contributed by atoms with Gasteiger partial charge < -0.3 is 10.6 Å². The minimum absolute atomic E-state index is 0.0473. The zero-order chi connectivity index (χ0) is 15.4. The average molecular weight is 348 g/mol. The lowest BCUT2D eigenvalue weighted by molar-refractivity contribution is 0.251. The second kappa shape index (κ2) is 6.98. The van der Waals surface area contributed by atoms with Gasteiger partial charge in [0, 0.05) is 11.6 Å². The second-order valence-corrected chi connectivity index (χ2v) is 5.43. The van der Waals surface area contributed by atoms with Gasteiger partial charge in [0.25, 0.3) is 0 Å². The maximum absolute atomic E-state index is 13.5. The fourth-order valence-corrected chi connectivity index (χ4v) is 2.07. The molecule has 0 aromatic heterocycles. The van der Waals surface area contributed by atoms with Gasteiger partial charge in [-0.2, -0.15) is 0 Å². The fraction of sp³-hybridized carbons (Fsp3) is 0.0714. The molecule has 2 N–H and O–H groups in total. The van der Waals surface area contributed by atoms with E-state index in [0.717, 1.165) is 11.6 Å². The number of anilines is 1. The van der Waals surface area contributed by atoms with Crippen LogP contribution in [0.1, 0.15) is 5.56 Å². The summed E-state index contributed by atoms with van der Waals surface area (Å²) in [6.45, 7) is 0.234. The molecule has 0 saturated carbocycles. The van der Waals surface area contributed by atoms with E-state index in [9.17, 15) is 9.18 Å². The number of rotatable bonds is 3. The zero-order valence-corrected chi connectivity index (χ0v) is 12.9. The Labute approximate surface area is 136 Å². The van der Waals surface area contributed by atoms with E-state index in [-0.39, 0.29) is 17.3 Å². The van der Waals surface area contributed by atoms with Crippen LogP contribution in [0, 0.1) is 5.82 Å². The van der Waals surface area contributed by atoms with Gasteiger partial charge in [-0.3, -0.25) is 0 Å². The number of hydrogen-bond donors (Lipinski definition) is 2. The molecular weight excluding hydrogens is 338 g/mol. The molecule has 0 unspecified atom stereocenters. The molecule has 0 fully saturated rings. The first kappa shape index (κ1) is 15.9. The normalized spacial score (nSPS) is 10.3. The third-order valence-electron chi connectivity index (χ3n) is 2.62. The molecule has 2 rings (SSSR count). The van der Waals surface area contributed by atoms with Crippen molar-refractivity contribution in [2.75, 3.05) is 5.32 Å². The van der Waals surface area contributed by atoms with Crippen LogP contribution in [0.15, 0.2) is 36.4 Å². The lowest BCUT2D eigenvalue weighted by Crippen LogP contribution is -2.28. The maximum Gasteiger partial charge on any atom is 0.319 e. The van der Waals surface area contributed by atoms with Crippen molar-refractivity contribution in [1.29, 1.82) is 0 Å². The van der Waals surface area contributed by atoms with Gasteiger partial charge in [0.2, 0.25) is 0 Å². The van der Waals surface area contributed by atoms with Crippen molar-refractivity contribution in [3.05, 3.63) is 62.8 Å². The molecule has 0 radical (unpaired) electrons. The minimum atomic E-state index is -0.604. The zero-order valence-electron chi connectivity index (χ0n) is 10.6. The van der Waals surface area contributed by atoms with Crippen LogP contribution in [0.2, 0.25) is 15.1 Å². The first-order chi connectivity index (χ1) is 9.95. The van der Waals surface area contributed by atoms with Crippen LogP contribution in [-0.4, -0.2) is 6.03 Å². The topological polar surface area (TPSA) is 41.1 Å². The molecule has 110 valence electrons. The van der Waals surface area contributed by atoms with Crippen molar-refractivity contribution >= 4 is 46.5 Å². The van der Waals surface area contributed by atoms with E-state index in [1.807, 2.05) is 0 Å². The number of carbonyl (C=O) groups excluding carboxylic acids is 1. The lowest BCUT2D eigenvalue weighted by Gasteiger charge is -2.09. The SMILES string of the molecule is O=C(NCc1ccc(Cl)c(Cl)c1)Nc1ccc(Cl)cc1F. The van der Waals surface area contributed by atoms with Crippen molar-refractivity contribution in [3.63, 3.8) is 0 Å². The molecule has 0 bridgehead atoms. The summed E-state index contributed by atoms with van der Waals surface area (Å²) in [5.41, 5.74) is 0.821. The standard InChI is InChI=1S/C14H10Cl3FN2O/c15-9-2-4-13(12(18)6-9)20-14(21)19-7-8-1-3-10(16)11(17)5-8/h1-6H,7H2,(H2,19,20,21). The first-order valence-corrected chi connectivity index (χ1v) is 7.03. The molecule has 2 aromatic carbocycles. The summed E-state index contributed by atoms with van der Waals surface area (Å²) in [6.07, 6.45) is 0. The summed E-state index contributed by atoms with van der Waals surface area (Å²) >= 11 is 17.3. The van der Waals surface area contributed by atoms with Crippen molar-refractivity contribution in [3.8, 4) is 0 Å². The van der Waals surface area contributed by atoms with Gasteiger partial charge in [-0.1, -0.05) is 40.9 Å². The quantitative estimate of drug-likeness (QED) is 0.796. The minimum Gasteiger partial charge on any atom is -0.334 e. The number of halogens is 4. The number of urea groups is 1. The average Bonchev–Trinajstić information content (AvgIpc) is 2.43. The summed E-state index contributed by atoms with van der Waals surface area (Å²) in [6, 6.07) is 8.47. The number of carbonyl (C=O) groups is 1. The summed E-state index contributed by atoms with van der Waals surface area (Å²) in [5.74, 6) is -0.604. The van der Waals surface area contributed by atoms with Gasteiger partial charge in [-0.25, -0.2) is 9.18 Å². The van der Waals surface area contributed by atoms with Crippen LogP contribution in [0.5, 0.6) is 0 Å². The Morgan fingerprint density at radius 1 is 1.05 bits per heavy atom. The maximum atomic E-state index is 13.5. The summed E-state index contributed by atoms with van der Waals surface area (Å²) < 4.78 is 13.5. The van der Waals surface area contributed by atoms with E-state index < -0.39 is 11.8 Å². The Hall–Kier alpha value is -1.49. The van der Waals surface area contributed by atoms with E-state index in [2.05, 4.69) is 10.6 Å². The Morgan fingerprint density at radius 2 is 1.81 bits per heavy atom. The molecule has 2 aromatic rings. The Morgan fingerprint density at radius 3 is 2.48 bits per heavy atom. The number of benzene rings is 2. The fourth-order valence-electron chi connectivity index (χ4n) is 1.59. The highest BCUT2D eigenvalue weighted by Gasteiger charge is 2.07. The van der Waals surface area contributed by atoms with Gasteiger partial charge in [0.15, 0.2) is 0 Å². The van der Waals surface area contributed by atoms with E-state index in [1.165, 1.54) is 12.1 Å². The predicted octanol–water partition coefficient (Wildman–Crippen LogP) is 5.11. The lowest BCUT2D eigenvalue weighted by atomic mass is 10.2. The Kier molecular flexibility index (Phi) is 5.28. The molecular formula is C14H10Cl3FN2O. The molecule has 3 nitrogen and oxygen atoms in total. The van der Waals surface area contributed by atoms with Crippen LogP contribution in [0.4, 0.5) is 14.9 Å². The molecule has 0 saturated heterocycles. The van der Waals surface area contributed by atoms with Crippen molar-refractivity contribution in [2.45, 2.75) is 6.54 Å². The van der Waals surface area contributed by atoms with E-state index in [1.54, 1.807) is 18.2 Å². The van der Waals surface area contributed by atoms with E-state index >= 15 is 0 Å².